The lowest BCUT2D eigenvalue weighted by Gasteiger charge is -2.52. The smallest absolute Gasteiger partial charge is 0.0543 e. The summed E-state index contributed by atoms with van der Waals surface area (Å²) >= 11 is 0. The minimum absolute atomic E-state index is 0.0330. The Kier molecular flexibility index (Phi) is 2.94. The maximum absolute atomic E-state index is 9.89. The topological polar surface area (TPSA) is 20.2 Å². The van der Waals surface area contributed by atoms with Crippen LogP contribution in [0.5, 0.6) is 0 Å². The lowest BCUT2D eigenvalue weighted by atomic mass is 9.53. The van der Waals surface area contributed by atoms with E-state index < -0.39 is 0 Å². The molecule has 0 amide bonds. The van der Waals surface area contributed by atoms with Crippen LogP contribution in [0.25, 0.3) is 0 Å². The van der Waals surface area contributed by atoms with Crippen molar-refractivity contribution in [2.24, 2.45) is 35.5 Å². The van der Waals surface area contributed by atoms with E-state index in [1.807, 2.05) is 0 Å². The Morgan fingerprint density at radius 2 is 1.22 bits per heavy atom. The van der Waals surface area contributed by atoms with Gasteiger partial charge in [-0.1, -0.05) is 12.8 Å². The molecule has 1 N–H and O–H groups in total. The fourth-order valence-corrected chi connectivity index (χ4v) is 6.45. The average Bonchev–Trinajstić information content (AvgIpc) is 2.86. The molecule has 0 aliphatic heterocycles. The van der Waals surface area contributed by atoms with Gasteiger partial charge >= 0.3 is 0 Å². The van der Waals surface area contributed by atoms with Crippen LogP contribution in [0.15, 0.2) is 0 Å². The van der Waals surface area contributed by atoms with E-state index >= 15 is 0 Å². The van der Waals surface area contributed by atoms with Crippen molar-refractivity contribution < 1.29 is 5.11 Å². The van der Waals surface area contributed by atoms with Crippen LogP contribution in [0.2, 0.25) is 0 Å². The Hall–Kier alpha value is -0.0400. The van der Waals surface area contributed by atoms with Crippen LogP contribution in [0.3, 0.4) is 0 Å². The standard InChI is InChI=1S/C17H28O/c18-13-6-9-15-12(10-13)5-8-16-14-3-1-2-11(14)4-7-17(15)16/h11-18H,1-10H2/t11-,12?,13?,14+,15-,16-,17+/m0/s1. The largest absolute Gasteiger partial charge is 0.393 e. The Morgan fingerprint density at radius 3 is 2.06 bits per heavy atom. The molecule has 102 valence electrons. The highest BCUT2D eigenvalue weighted by molar-refractivity contribution is 4.99. The number of rotatable bonds is 0. The van der Waals surface area contributed by atoms with Crippen molar-refractivity contribution in [2.45, 2.75) is 70.3 Å². The lowest BCUT2D eigenvalue weighted by molar-refractivity contribution is -0.0457. The lowest BCUT2D eigenvalue weighted by Crippen LogP contribution is -2.45. The molecule has 2 unspecified atom stereocenters. The highest BCUT2D eigenvalue weighted by Gasteiger charge is 2.49. The van der Waals surface area contributed by atoms with E-state index in [1.165, 1.54) is 38.5 Å². The number of hydrogen-bond acceptors (Lipinski definition) is 1. The van der Waals surface area contributed by atoms with Gasteiger partial charge in [0.2, 0.25) is 0 Å². The zero-order chi connectivity index (χ0) is 12.1. The second kappa shape index (κ2) is 4.51. The molecule has 0 bridgehead atoms. The van der Waals surface area contributed by atoms with Crippen LogP contribution in [-0.4, -0.2) is 11.2 Å². The molecular weight excluding hydrogens is 220 g/mol. The van der Waals surface area contributed by atoms with Gasteiger partial charge in [0.15, 0.2) is 0 Å². The van der Waals surface area contributed by atoms with Crippen molar-refractivity contribution in [3.05, 3.63) is 0 Å². The first-order valence-electron chi connectivity index (χ1n) is 8.51. The van der Waals surface area contributed by atoms with Gasteiger partial charge < -0.3 is 5.11 Å². The van der Waals surface area contributed by atoms with Gasteiger partial charge in [0.05, 0.1) is 6.10 Å². The fraction of sp³-hybridized carbons (Fsp3) is 1.00. The van der Waals surface area contributed by atoms with E-state index in [9.17, 15) is 5.11 Å². The molecular formula is C17H28O. The highest BCUT2D eigenvalue weighted by atomic mass is 16.3. The zero-order valence-electron chi connectivity index (χ0n) is 11.6. The molecule has 0 aromatic rings. The van der Waals surface area contributed by atoms with Crippen LogP contribution in [0, 0.1) is 35.5 Å². The van der Waals surface area contributed by atoms with Gasteiger partial charge in [-0.2, -0.15) is 0 Å². The quantitative estimate of drug-likeness (QED) is 0.687. The summed E-state index contributed by atoms with van der Waals surface area (Å²) in [7, 11) is 0. The van der Waals surface area contributed by atoms with E-state index in [-0.39, 0.29) is 6.10 Å². The Labute approximate surface area is 111 Å². The zero-order valence-corrected chi connectivity index (χ0v) is 11.6. The van der Waals surface area contributed by atoms with Gasteiger partial charge in [0.25, 0.3) is 0 Å². The van der Waals surface area contributed by atoms with Crippen molar-refractivity contribution in [1.82, 2.24) is 0 Å². The van der Waals surface area contributed by atoms with Gasteiger partial charge in [-0.3, -0.25) is 0 Å². The molecule has 4 saturated carbocycles. The first-order chi connectivity index (χ1) is 8.83. The molecule has 1 heteroatoms. The molecule has 0 radical (unpaired) electrons. The van der Waals surface area contributed by atoms with Crippen LogP contribution in [0.1, 0.15) is 64.2 Å². The second-order valence-corrected chi connectivity index (χ2v) is 7.73. The van der Waals surface area contributed by atoms with Crippen molar-refractivity contribution in [1.29, 1.82) is 0 Å². The molecule has 4 aliphatic carbocycles. The molecule has 0 aromatic carbocycles. The summed E-state index contributed by atoms with van der Waals surface area (Å²) in [6.07, 6.45) is 14.2. The summed E-state index contributed by atoms with van der Waals surface area (Å²) in [5, 5.41) is 9.89. The average molecular weight is 248 g/mol. The Bertz CT molecular complexity index is 313. The molecule has 4 rings (SSSR count). The third-order valence-corrected chi connectivity index (χ3v) is 7.12. The van der Waals surface area contributed by atoms with Crippen molar-refractivity contribution in [2.75, 3.05) is 0 Å². The maximum atomic E-state index is 9.89. The van der Waals surface area contributed by atoms with Crippen LogP contribution < -0.4 is 0 Å². The summed E-state index contributed by atoms with van der Waals surface area (Å²) < 4.78 is 0. The van der Waals surface area contributed by atoms with Crippen molar-refractivity contribution in [3.8, 4) is 0 Å². The molecule has 18 heavy (non-hydrogen) atoms. The van der Waals surface area contributed by atoms with Crippen LogP contribution >= 0.6 is 0 Å². The molecule has 0 spiro atoms. The van der Waals surface area contributed by atoms with Gasteiger partial charge in [0.1, 0.15) is 0 Å². The van der Waals surface area contributed by atoms with E-state index in [4.69, 9.17) is 0 Å². The summed E-state index contributed by atoms with van der Waals surface area (Å²) in [4.78, 5) is 0. The van der Waals surface area contributed by atoms with E-state index in [2.05, 4.69) is 0 Å². The molecule has 0 heterocycles. The first kappa shape index (κ1) is 11.8. The molecule has 1 nitrogen and oxygen atoms in total. The minimum Gasteiger partial charge on any atom is -0.393 e. The Morgan fingerprint density at radius 1 is 0.556 bits per heavy atom. The predicted molar refractivity (Wildman–Crippen MR) is 73.1 cm³/mol. The van der Waals surface area contributed by atoms with Crippen LogP contribution in [-0.2, 0) is 0 Å². The number of hydrogen-bond donors (Lipinski definition) is 1. The number of aliphatic hydroxyl groups excluding tert-OH is 1. The first-order valence-corrected chi connectivity index (χ1v) is 8.51. The van der Waals surface area contributed by atoms with Gasteiger partial charge in [-0.25, -0.2) is 0 Å². The monoisotopic (exact) mass is 248 g/mol. The third-order valence-electron chi connectivity index (χ3n) is 7.12. The third kappa shape index (κ3) is 1.77. The van der Waals surface area contributed by atoms with E-state index in [0.717, 1.165) is 48.3 Å². The van der Waals surface area contributed by atoms with E-state index in [0.29, 0.717) is 0 Å². The van der Waals surface area contributed by atoms with Gasteiger partial charge in [-0.05, 0) is 86.9 Å². The molecule has 0 saturated heterocycles. The van der Waals surface area contributed by atoms with Crippen molar-refractivity contribution >= 4 is 0 Å². The van der Waals surface area contributed by atoms with Gasteiger partial charge in [0, 0.05) is 0 Å². The summed E-state index contributed by atoms with van der Waals surface area (Å²) in [5.41, 5.74) is 0. The van der Waals surface area contributed by atoms with Gasteiger partial charge in [-0.15, -0.1) is 0 Å². The SMILES string of the molecule is OC1CC[C@H]2C(CC[C@H]3[C@@H]4CCC[C@H]4CC[C@@H]32)C1. The summed E-state index contributed by atoms with van der Waals surface area (Å²) in [5.74, 6) is 6.23. The Balaban J connectivity index is 1.53. The summed E-state index contributed by atoms with van der Waals surface area (Å²) in [6.45, 7) is 0. The normalized spacial score (nSPS) is 55.5. The second-order valence-electron chi connectivity index (χ2n) is 7.73. The van der Waals surface area contributed by atoms with E-state index in [1.54, 1.807) is 12.8 Å². The van der Waals surface area contributed by atoms with Crippen molar-refractivity contribution in [3.63, 3.8) is 0 Å². The van der Waals surface area contributed by atoms with Crippen LogP contribution in [0.4, 0.5) is 0 Å². The number of fused-ring (bicyclic) bond motifs is 5. The molecule has 4 aliphatic rings. The predicted octanol–water partition coefficient (Wildman–Crippen LogP) is 4.00. The number of aliphatic hydroxyl groups is 1. The molecule has 4 fully saturated rings. The molecule has 0 aromatic heterocycles. The maximum Gasteiger partial charge on any atom is 0.0543 e. The highest BCUT2D eigenvalue weighted by Crippen LogP contribution is 2.57. The minimum atomic E-state index is 0.0330. The molecule has 7 atom stereocenters. The summed E-state index contributed by atoms with van der Waals surface area (Å²) in [6, 6.07) is 0. The fourth-order valence-electron chi connectivity index (χ4n) is 6.45.